The number of anilines is 1. The van der Waals surface area contributed by atoms with E-state index >= 15 is 0 Å². The number of carbonyl (C=O) groups is 1. The molecule has 38 heavy (non-hydrogen) atoms. The molecule has 5 nitrogen and oxygen atoms in total. The molecule has 0 radical (unpaired) electrons. The number of rotatable bonds is 6. The van der Waals surface area contributed by atoms with Crippen LogP contribution in [-0.2, 0) is 24.8 Å². The summed E-state index contributed by atoms with van der Waals surface area (Å²) < 4.78 is 42.0. The van der Waals surface area contributed by atoms with Crippen LogP contribution < -0.4 is 10.2 Å². The van der Waals surface area contributed by atoms with Gasteiger partial charge < -0.3 is 14.8 Å². The Labute approximate surface area is 234 Å². The molecule has 0 spiro atoms. The molecule has 11 heteroatoms. The van der Waals surface area contributed by atoms with Gasteiger partial charge in [0.1, 0.15) is 5.82 Å². The third-order valence-electron chi connectivity index (χ3n) is 7.86. The van der Waals surface area contributed by atoms with Crippen LogP contribution in [0.3, 0.4) is 0 Å². The van der Waals surface area contributed by atoms with Crippen LogP contribution in [0.5, 0.6) is 0 Å². The average molecular weight is 588 g/mol. The maximum atomic E-state index is 13.4. The summed E-state index contributed by atoms with van der Waals surface area (Å²) in [7, 11) is 1.85. The van der Waals surface area contributed by atoms with Crippen molar-refractivity contribution in [1.29, 1.82) is 0 Å². The van der Waals surface area contributed by atoms with Gasteiger partial charge in [-0.3, -0.25) is 4.79 Å². The first kappa shape index (κ1) is 27.4. The molecule has 3 aromatic rings. The molecule has 1 aliphatic carbocycles. The van der Waals surface area contributed by atoms with Crippen LogP contribution in [0.1, 0.15) is 49.6 Å². The van der Waals surface area contributed by atoms with E-state index in [-0.39, 0.29) is 24.3 Å². The molecule has 1 atom stereocenters. The van der Waals surface area contributed by atoms with Crippen molar-refractivity contribution in [3.8, 4) is 0 Å². The van der Waals surface area contributed by atoms with Crippen LogP contribution in [0.25, 0.3) is 11.0 Å². The number of alkyl halides is 3. The number of aryl methyl sites for hydroxylation is 1. The van der Waals surface area contributed by atoms with E-state index in [1.54, 1.807) is 29.2 Å². The Morgan fingerprint density at radius 1 is 1.18 bits per heavy atom. The number of hydrogen-bond acceptors (Lipinski definition) is 3. The number of fused-ring (bicyclic) bond motifs is 1. The van der Waals surface area contributed by atoms with Crippen LogP contribution >= 0.6 is 34.8 Å². The lowest BCUT2D eigenvalue weighted by molar-refractivity contribution is -0.176. The zero-order valence-corrected chi connectivity index (χ0v) is 23.3. The maximum Gasteiger partial charge on any atom is 0.393 e. The number of hydrogen-bond donors (Lipinski definition) is 1. The summed E-state index contributed by atoms with van der Waals surface area (Å²) in [5.41, 5.74) is 3.12. The summed E-state index contributed by atoms with van der Waals surface area (Å²) in [4.78, 5) is 18.8. The minimum absolute atomic E-state index is 0.0170. The fourth-order valence-electron chi connectivity index (χ4n) is 5.02. The zero-order chi connectivity index (χ0) is 27.4. The number of aromatic nitrogens is 2. The molecule has 2 fully saturated rings. The van der Waals surface area contributed by atoms with Gasteiger partial charge in [0, 0.05) is 43.5 Å². The van der Waals surface area contributed by atoms with E-state index in [0.29, 0.717) is 63.6 Å². The van der Waals surface area contributed by atoms with Crippen molar-refractivity contribution in [3.63, 3.8) is 0 Å². The first-order chi connectivity index (χ1) is 17.9. The molecule has 1 N–H and O–H groups in total. The summed E-state index contributed by atoms with van der Waals surface area (Å²) in [5, 5.41) is 4.28. The SMILES string of the molecule is Cn1c(Cc2c(Cl)ccc(CNC(=O)C3(C)CC3)c2Cl)nc2cc(Cl)c(N3CCCC(C(F)(F)F)C3)cc21. The minimum Gasteiger partial charge on any atom is -0.370 e. The van der Waals surface area contributed by atoms with Gasteiger partial charge in [-0.2, -0.15) is 13.2 Å². The lowest BCUT2D eigenvalue weighted by Gasteiger charge is -2.35. The molecular weight excluding hydrogens is 560 g/mol. The highest BCUT2D eigenvalue weighted by Crippen LogP contribution is 2.45. The molecule has 1 amide bonds. The molecule has 5 rings (SSSR count). The third-order valence-corrected chi connectivity index (χ3v) is 8.98. The number of imidazole rings is 1. The molecule has 2 aromatic carbocycles. The fourth-order valence-corrected chi connectivity index (χ4v) is 5.87. The van der Waals surface area contributed by atoms with E-state index in [0.717, 1.165) is 23.9 Å². The Hall–Kier alpha value is -2.16. The molecule has 2 aliphatic rings. The van der Waals surface area contributed by atoms with Crippen molar-refractivity contribution >= 4 is 57.4 Å². The van der Waals surface area contributed by atoms with E-state index in [9.17, 15) is 18.0 Å². The maximum absolute atomic E-state index is 13.4. The van der Waals surface area contributed by atoms with Gasteiger partial charge in [-0.15, -0.1) is 0 Å². The third kappa shape index (κ3) is 5.32. The van der Waals surface area contributed by atoms with Gasteiger partial charge in [0.25, 0.3) is 0 Å². The number of amides is 1. The molecule has 1 saturated carbocycles. The van der Waals surface area contributed by atoms with Gasteiger partial charge in [-0.1, -0.05) is 47.8 Å². The van der Waals surface area contributed by atoms with Crippen LogP contribution in [0.4, 0.5) is 18.9 Å². The van der Waals surface area contributed by atoms with E-state index in [1.807, 2.05) is 18.5 Å². The van der Waals surface area contributed by atoms with E-state index in [4.69, 9.17) is 39.8 Å². The lowest BCUT2D eigenvalue weighted by Crippen LogP contribution is -2.41. The van der Waals surface area contributed by atoms with Crippen molar-refractivity contribution in [2.45, 2.75) is 51.7 Å². The van der Waals surface area contributed by atoms with Gasteiger partial charge in [-0.25, -0.2) is 4.98 Å². The second kappa shape index (κ2) is 10.1. The second-order valence-corrected chi connectivity index (χ2v) is 11.8. The van der Waals surface area contributed by atoms with Crippen LogP contribution in [0.2, 0.25) is 15.1 Å². The van der Waals surface area contributed by atoms with Crippen molar-refractivity contribution in [2.75, 3.05) is 18.0 Å². The number of benzene rings is 2. The molecule has 1 aromatic heterocycles. The smallest absolute Gasteiger partial charge is 0.370 e. The molecule has 1 saturated heterocycles. The topological polar surface area (TPSA) is 50.2 Å². The summed E-state index contributed by atoms with van der Waals surface area (Å²) in [5.74, 6) is -0.683. The summed E-state index contributed by atoms with van der Waals surface area (Å²) >= 11 is 19.8. The Morgan fingerprint density at radius 3 is 2.61 bits per heavy atom. The van der Waals surface area contributed by atoms with E-state index in [2.05, 4.69) is 5.32 Å². The molecule has 0 bridgehead atoms. The average Bonchev–Trinajstić information content (AvgIpc) is 3.55. The fraction of sp³-hybridized carbons (Fsp3) is 0.481. The number of carbonyl (C=O) groups excluding carboxylic acids is 1. The number of halogens is 6. The summed E-state index contributed by atoms with van der Waals surface area (Å²) in [6.45, 7) is 2.64. The Bertz CT molecular complexity index is 1400. The number of piperidine rings is 1. The zero-order valence-electron chi connectivity index (χ0n) is 21.1. The van der Waals surface area contributed by atoms with E-state index < -0.39 is 12.1 Å². The van der Waals surface area contributed by atoms with Crippen molar-refractivity contribution < 1.29 is 18.0 Å². The van der Waals surface area contributed by atoms with Gasteiger partial charge >= 0.3 is 6.18 Å². The summed E-state index contributed by atoms with van der Waals surface area (Å²) in [6.07, 6.45) is -1.56. The van der Waals surface area contributed by atoms with Gasteiger partial charge in [0.2, 0.25) is 5.91 Å². The quantitative estimate of drug-likeness (QED) is 0.329. The van der Waals surface area contributed by atoms with Gasteiger partial charge in [-0.05, 0) is 55.0 Å². The van der Waals surface area contributed by atoms with Crippen LogP contribution in [-0.4, -0.2) is 34.7 Å². The molecule has 1 unspecified atom stereocenters. The first-order valence-electron chi connectivity index (χ1n) is 12.6. The first-order valence-corrected chi connectivity index (χ1v) is 13.7. The predicted octanol–water partition coefficient (Wildman–Crippen LogP) is 7.32. The van der Waals surface area contributed by atoms with Crippen molar-refractivity contribution in [3.05, 3.63) is 56.3 Å². The summed E-state index contributed by atoms with van der Waals surface area (Å²) in [6, 6.07) is 7.06. The van der Waals surface area contributed by atoms with E-state index in [1.165, 1.54) is 0 Å². The monoisotopic (exact) mass is 586 g/mol. The van der Waals surface area contributed by atoms with Crippen molar-refractivity contribution in [2.24, 2.45) is 18.4 Å². The van der Waals surface area contributed by atoms with Crippen LogP contribution in [0.15, 0.2) is 24.3 Å². The lowest BCUT2D eigenvalue weighted by atomic mass is 9.97. The Balaban J connectivity index is 1.41. The van der Waals surface area contributed by atoms with Crippen LogP contribution in [0, 0.1) is 11.3 Å². The Morgan fingerprint density at radius 2 is 1.92 bits per heavy atom. The molecule has 204 valence electrons. The molecule has 1 aliphatic heterocycles. The second-order valence-electron chi connectivity index (χ2n) is 10.6. The normalized spacial score (nSPS) is 19.2. The standard InChI is InChI=1S/C27H28Cl3F3N4O/c1-26(7-8-26)25(38)34-13-15-5-6-18(28)17(24(15)30)10-23-35-20-11-19(29)21(12-22(20)36(23)2)37-9-3-4-16(14-37)27(31,32)33/h5-6,11-12,16H,3-4,7-10,13-14H2,1-2H3,(H,34,38). The number of nitrogens with one attached hydrogen (secondary N) is 1. The predicted molar refractivity (Wildman–Crippen MR) is 145 cm³/mol. The van der Waals surface area contributed by atoms with Gasteiger partial charge in [0.15, 0.2) is 0 Å². The largest absolute Gasteiger partial charge is 0.393 e. The molecular formula is C27H28Cl3F3N4O. The highest BCUT2D eigenvalue weighted by atomic mass is 35.5. The Kier molecular flexibility index (Phi) is 7.29. The molecule has 2 heterocycles. The highest BCUT2D eigenvalue weighted by molar-refractivity contribution is 6.36. The van der Waals surface area contributed by atoms with Gasteiger partial charge in [0.05, 0.1) is 32.7 Å². The highest BCUT2D eigenvalue weighted by Gasteiger charge is 2.44. The van der Waals surface area contributed by atoms with Crippen molar-refractivity contribution in [1.82, 2.24) is 14.9 Å². The minimum atomic E-state index is -4.24. The number of nitrogens with zero attached hydrogens (tertiary/aromatic N) is 3.